The fourth-order valence-electron chi connectivity index (χ4n) is 2.98. The fraction of sp³-hybridized carbons (Fsp3) is 0.375. The van der Waals surface area contributed by atoms with E-state index in [0.29, 0.717) is 22.8 Å². The molecular formula is C16H18BrN3O4S. The zero-order chi connectivity index (χ0) is 18.0. The van der Waals surface area contributed by atoms with E-state index in [0.717, 1.165) is 5.39 Å². The number of hydrogen-bond donors (Lipinski definition) is 1. The minimum Gasteiger partial charge on any atom is -0.375 e. The highest BCUT2D eigenvalue weighted by molar-refractivity contribution is 9.10. The Hall–Kier alpha value is -1.55. The van der Waals surface area contributed by atoms with Crippen LogP contribution >= 0.6 is 15.9 Å². The first kappa shape index (κ1) is 18.2. The van der Waals surface area contributed by atoms with Crippen molar-refractivity contribution in [2.75, 3.05) is 26.8 Å². The van der Waals surface area contributed by atoms with Crippen LogP contribution in [0.5, 0.6) is 0 Å². The molecule has 1 aliphatic heterocycles. The monoisotopic (exact) mass is 427 g/mol. The molecule has 1 aromatic heterocycles. The Bertz CT molecular complexity index is 898. The van der Waals surface area contributed by atoms with E-state index < -0.39 is 10.0 Å². The molecule has 25 heavy (non-hydrogen) atoms. The van der Waals surface area contributed by atoms with Gasteiger partial charge in [0.1, 0.15) is 6.61 Å². The van der Waals surface area contributed by atoms with E-state index >= 15 is 0 Å². The van der Waals surface area contributed by atoms with E-state index in [2.05, 4.69) is 26.2 Å². The lowest BCUT2D eigenvalue weighted by atomic mass is 10.2. The van der Waals surface area contributed by atoms with Crippen LogP contribution < -0.4 is 5.32 Å². The molecule has 1 aliphatic rings. The van der Waals surface area contributed by atoms with E-state index in [-0.39, 0.29) is 30.0 Å². The number of sulfonamides is 1. The second-order valence-corrected chi connectivity index (χ2v) is 8.59. The lowest BCUT2D eigenvalue weighted by Gasteiger charge is -2.18. The van der Waals surface area contributed by atoms with Gasteiger partial charge in [-0.3, -0.25) is 9.78 Å². The molecule has 1 atom stereocenters. The molecule has 2 aromatic rings. The number of aromatic nitrogens is 1. The third-order valence-electron chi connectivity index (χ3n) is 4.11. The second kappa shape index (κ2) is 7.36. The summed E-state index contributed by atoms with van der Waals surface area (Å²) in [7, 11) is -2.23. The maximum Gasteiger partial charge on any atom is 0.246 e. The van der Waals surface area contributed by atoms with Crippen LogP contribution in [-0.2, 0) is 19.6 Å². The molecule has 1 aromatic carbocycles. The summed E-state index contributed by atoms with van der Waals surface area (Å²) >= 11 is 3.39. The minimum absolute atomic E-state index is 0.0352. The van der Waals surface area contributed by atoms with E-state index in [1.807, 2.05) is 6.07 Å². The van der Waals surface area contributed by atoms with Crippen LogP contribution in [-0.4, -0.2) is 56.5 Å². The summed E-state index contributed by atoms with van der Waals surface area (Å²) in [5.41, 5.74) is 0. The SMILES string of the molecule is COCC(=O)N[C@H]1CCN(S(=O)(=O)c2cccc3cncc(Br)c23)C1. The van der Waals surface area contributed by atoms with Gasteiger partial charge in [0.25, 0.3) is 0 Å². The average Bonchev–Trinajstić information content (AvgIpc) is 3.04. The Balaban J connectivity index is 1.87. The quantitative estimate of drug-likeness (QED) is 0.781. The van der Waals surface area contributed by atoms with Gasteiger partial charge in [-0.25, -0.2) is 8.42 Å². The zero-order valence-electron chi connectivity index (χ0n) is 13.6. The van der Waals surface area contributed by atoms with Crippen molar-refractivity contribution in [2.24, 2.45) is 0 Å². The highest BCUT2D eigenvalue weighted by Gasteiger charge is 2.34. The van der Waals surface area contributed by atoms with Crippen LogP contribution in [0.15, 0.2) is 40.0 Å². The third-order valence-corrected chi connectivity index (χ3v) is 6.62. The van der Waals surface area contributed by atoms with Gasteiger partial charge in [-0.05, 0) is 28.4 Å². The number of fused-ring (bicyclic) bond motifs is 1. The first-order chi connectivity index (χ1) is 11.9. The number of hydrogen-bond acceptors (Lipinski definition) is 5. The van der Waals surface area contributed by atoms with Crippen molar-refractivity contribution in [3.8, 4) is 0 Å². The maximum atomic E-state index is 13.1. The number of carbonyl (C=O) groups excluding carboxylic acids is 1. The Kier molecular flexibility index (Phi) is 5.38. The number of nitrogens with one attached hydrogen (secondary N) is 1. The molecule has 1 fully saturated rings. The molecule has 9 heteroatoms. The minimum atomic E-state index is -3.68. The molecule has 0 radical (unpaired) electrons. The third kappa shape index (κ3) is 3.69. The van der Waals surface area contributed by atoms with E-state index in [4.69, 9.17) is 4.74 Å². The van der Waals surface area contributed by atoms with Crippen LogP contribution in [0.3, 0.4) is 0 Å². The highest BCUT2D eigenvalue weighted by Crippen LogP contribution is 2.32. The van der Waals surface area contributed by atoms with Gasteiger partial charge in [0.2, 0.25) is 15.9 Å². The van der Waals surface area contributed by atoms with Crippen molar-refractivity contribution in [1.82, 2.24) is 14.6 Å². The Morgan fingerprint density at radius 2 is 2.24 bits per heavy atom. The van der Waals surface area contributed by atoms with Crippen molar-refractivity contribution in [1.29, 1.82) is 0 Å². The van der Waals surface area contributed by atoms with E-state index in [9.17, 15) is 13.2 Å². The number of nitrogens with zero attached hydrogens (tertiary/aromatic N) is 2. The molecule has 1 amide bonds. The van der Waals surface area contributed by atoms with Crippen molar-refractivity contribution in [3.63, 3.8) is 0 Å². The van der Waals surface area contributed by atoms with Crippen LogP contribution in [0, 0.1) is 0 Å². The Labute approximate surface area is 154 Å². The summed E-state index contributed by atoms with van der Waals surface area (Å²) in [6, 6.07) is 4.91. The number of methoxy groups -OCH3 is 1. The first-order valence-corrected chi connectivity index (χ1v) is 9.97. The molecule has 0 bridgehead atoms. The molecule has 3 rings (SSSR count). The van der Waals surface area contributed by atoms with Crippen molar-refractivity contribution < 1.29 is 17.9 Å². The number of rotatable bonds is 5. The van der Waals surface area contributed by atoms with Crippen LogP contribution in [0.1, 0.15) is 6.42 Å². The highest BCUT2D eigenvalue weighted by atomic mass is 79.9. The molecule has 0 unspecified atom stereocenters. The van der Waals surface area contributed by atoms with Crippen LogP contribution in [0.25, 0.3) is 10.8 Å². The fourth-order valence-corrected chi connectivity index (χ4v) is 5.41. The lowest BCUT2D eigenvalue weighted by Crippen LogP contribution is -2.40. The molecular weight excluding hydrogens is 410 g/mol. The van der Waals surface area contributed by atoms with E-state index in [1.54, 1.807) is 24.5 Å². The van der Waals surface area contributed by atoms with Gasteiger partial charge in [0.15, 0.2) is 0 Å². The number of halogens is 1. The lowest BCUT2D eigenvalue weighted by molar-refractivity contribution is -0.125. The predicted molar refractivity (Wildman–Crippen MR) is 96.6 cm³/mol. The number of carbonyl (C=O) groups is 1. The summed E-state index contributed by atoms with van der Waals surface area (Å²) < 4.78 is 33.0. The molecule has 0 aliphatic carbocycles. The summed E-state index contributed by atoms with van der Waals surface area (Å²) in [6.45, 7) is 0.572. The van der Waals surface area contributed by atoms with Crippen molar-refractivity contribution >= 4 is 42.6 Å². The van der Waals surface area contributed by atoms with Gasteiger partial charge in [-0.15, -0.1) is 0 Å². The number of pyridine rings is 1. The topological polar surface area (TPSA) is 88.6 Å². The predicted octanol–water partition coefficient (Wildman–Crippen LogP) is 1.52. The summed E-state index contributed by atoms with van der Waals surface area (Å²) in [6.07, 6.45) is 3.79. The van der Waals surface area contributed by atoms with Crippen LogP contribution in [0.4, 0.5) is 0 Å². The maximum absolute atomic E-state index is 13.1. The van der Waals surface area contributed by atoms with Gasteiger partial charge in [0.05, 0.1) is 4.90 Å². The molecule has 2 heterocycles. The number of amides is 1. The Morgan fingerprint density at radius 1 is 1.44 bits per heavy atom. The van der Waals surface area contributed by atoms with Gasteiger partial charge in [-0.1, -0.05) is 12.1 Å². The molecule has 1 N–H and O–H groups in total. The van der Waals surface area contributed by atoms with Gasteiger partial charge in [0, 0.05) is 53.9 Å². The van der Waals surface area contributed by atoms with Crippen molar-refractivity contribution in [2.45, 2.75) is 17.4 Å². The smallest absolute Gasteiger partial charge is 0.246 e. The first-order valence-electron chi connectivity index (χ1n) is 7.74. The zero-order valence-corrected chi connectivity index (χ0v) is 16.0. The standard InChI is InChI=1S/C16H18BrN3O4S/c1-24-10-15(21)19-12-5-6-20(9-12)25(22,23)14-4-2-3-11-7-18-8-13(17)16(11)14/h2-4,7-8,12H,5-6,9-10H2,1H3,(H,19,21)/t12-/m0/s1. The average molecular weight is 428 g/mol. The summed E-state index contributed by atoms with van der Waals surface area (Å²) in [4.78, 5) is 15.9. The Morgan fingerprint density at radius 3 is 3.00 bits per heavy atom. The number of benzene rings is 1. The largest absolute Gasteiger partial charge is 0.375 e. The van der Waals surface area contributed by atoms with Crippen LogP contribution in [0.2, 0.25) is 0 Å². The molecule has 0 saturated carbocycles. The summed E-state index contributed by atoms with van der Waals surface area (Å²) in [5.74, 6) is -0.245. The molecule has 0 spiro atoms. The molecule has 1 saturated heterocycles. The van der Waals surface area contributed by atoms with Gasteiger partial charge < -0.3 is 10.1 Å². The van der Waals surface area contributed by atoms with Gasteiger partial charge >= 0.3 is 0 Å². The normalized spacial score (nSPS) is 18.6. The number of ether oxygens (including phenoxy) is 1. The van der Waals surface area contributed by atoms with E-state index in [1.165, 1.54) is 11.4 Å². The second-order valence-electron chi connectivity index (χ2n) is 5.82. The van der Waals surface area contributed by atoms with Gasteiger partial charge in [-0.2, -0.15) is 4.31 Å². The molecule has 134 valence electrons. The molecule has 7 nitrogen and oxygen atoms in total. The van der Waals surface area contributed by atoms with Crippen molar-refractivity contribution in [3.05, 3.63) is 35.1 Å². The summed E-state index contributed by atoms with van der Waals surface area (Å²) in [5, 5.41) is 4.16.